The molecule has 0 spiro atoms. The van der Waals surface area contributed by atoms with E-state index in [2.05, 4.69) is 4.74 Å². The predicted octanol–water partition coefficient (Wildman–Crippen LogP) is 3.96. The summed E-state index contributed by atoms with van der Waals surface area (Å²) in [6.45, 7) is -2.84. The average Bonchev–Trinajstić information content (AvgIpc) is 2.64. The van der Waals surface area contributed by atoms with Gasteiger partial charge in [0, 0.05) is 5.57 Å². The van der Waals surface area contributed by atoms with Crippen molar-refractivity contribution in [1.82, 2.24) is 0 Å². The van der Waals surface area contributed by atoms with Gasteiger partial charge in [0.05, 0.1) is 19.8 Å². The first kappa shape index (κ1) is 17.7. The molecule has 0 bridgehead atoms. The van der Waals surface area contributed by atoms with Crippen molar-refractivity contribution >= 4 is 11.9 Å². The monoisotopic (exact) mass is 362 g/mol. The lowest BCUT2D eigenvalue weighted by molar-refractivity contribution is -0.0512. The number of hydrogen-bond donors (Lipinski definition) is 0. The number of Topliss-reactive ketones (excluding diaryl/α,β-unsaturated/α-hetero) is 1. The Morgan fingerprint density at radius 2 is 1.88 bits per heavy atom. The molecule has 1 aliphatic rings. The molecule has 0 N–H and O–H groups in total. The Hall–Kier alpha value is -3.09. The van der Waals surface area contributed by atoms with Crippen LogP contribution in [-0.2, 0) is 0 Å². The molecule has 136 valence electrons. The molecule has 0 saturated carbocycles. The summed E-state index contributed by atoms with van der Waals surface area (Å²) in [6, 6.07) is 9.45. The van der Waals surface area contributed by atoms with Crippen LogP contribution in [-0.4, -0.2) is 33.2 Å². The molecule has 0 aromatic heterocycles. The summed E-state index contributed by atoms with van der Waals surface area (Å²) < 4.78 is 45.0. The van der Waals surface area contributed by atoms with Crippen LogP contribution in [0.1, 0.15) is 15.9 Å². The number of alkyl halides is 2. The van der Waals surface area contributed by atoms with Crippen molar-refractivity contribution in [1.29, 1.82) is 0 Å². The lowest BCUT2D eigenvalue weighted by atomic mass is 9.98. The molecule has 26 heavy (non-hydrogen) atoms. The van der Waals surface area contributed by atoms with Gasteiger partial charge in [0.2, 0.25) is 0 Å². The van der Waals surface area contributed by atoms with E-state index in [9.17, 15) is 13.6 Å². The van der Waals surface area contributed by atoms with E-state index in [0.29, 0.717) is 28.2 Å². The van der Waals surface area contributed by atoms with Crippen LogP contribution >= 0.6 is 0 Å². The SMILES string of the molecule is COc1ccc2c(c1)C(=O)/C(=C/c1ccc(OC(F)F)c(OC)c1)CO2. The van der Waals surface area contributed by atoms with E-state index in [1.54, 1.807) is 30.3 Å². The lowest BCUT2D eigenvalue weighted by Crippen LogP contribution is -2.19. The van der Waals surface area contributed by atoms with Gasteiger partial charge in [-0.05, 0) is 42.0 Å². The van der Waals surface area contributed by atoms with Gasteiger partial charge in [-0.2, -0.15) is 8.78 Å². The summed E-state index contributed by atoms with van der Waals surface area (Å²) in [6.07, 6.45) is 1.62. The number of benzene rings is 2. The number of fused-ring (bicyclic) bond motifs is 1. The number of hydrogen-bond acceptors (Lipinski definition) is 5. The molecule has 0 fully saturated rings. The minimum Gasteiger partial charge on any atom is -0.497 e. The van der Waals surface area contributed by atoms with E-state index in [1.807, 2.05) is 0 Å². The van der Waals surface area contributed by atoms with E-state index in [0.717, 1.165) is 0 Å². The Labute approximate surface area is 148 Å². The van der Waals surface area contributed by atoms with Crippen LogP contribution in [0.15, 0.2) is 42.0 Å². The third-order valence-corrected chi connectivity index (χ3v) is 3.85. The quantitative estimate of drug-likeness (QED) is 0.754. The van der Waals surface area contributed by atoms with Crippen LogP contribution < -0.4 is 18.9 Å². The molecule has 0 aliphatic carbocycles. The molecule has 3 rings (SSSR count). The second-order valence-corrected chi connectivity index (χ2v) is 5.44. The number of methoxy groups -OCH3 is 2. The van der Waals surface area contributed by atoms with Crippen LogP contribution in [0.25, 0.3) is 6.08 Å². The maximum atomic E-state index is 12.7. The van der Waals surface area contributed by atoms with Gasteiger partial charge >= 0.3 is 6.61 Å². The zero-order valence-corrected chi connectivity index (χ0v) is 14.1. The number of ether oxygens (including phenoxy) is 4. The van der Waals surface area contributed by atoms with Gasteiger partial charge in [-0.3, -0.25) is 4.79 Å². The van der Waals surface area contributed by atoms with E-state index in [1.165, 1.54) is 26.4 Å². The van der Waals surface area contributed by atoms with Crippen LogP contribution in [0.3, 0.4) is 0 Å². The zero-order valence-electron chi connectivity index (χ0n) is 14.1. The van der Waals surface area contributed by atoms with E-state index < -0.39 is 6.61 Å². The molecule has 0 atom stereocenters. The van der Waals surface area contributed by atoms with Crippen molar-refractivity contribution in [2.75, 3.05) is 20.8 Å². The zero-order chi connectivity index (χ0) is 18.7. The van der Waals surface area contributed by atoms with Crippen molar-refractivity contribution in [3.8, 4) is 23.0 Å². The summed E-state index contributed by atoms with van der Waals surface area (Å²) in [7, 11) is 2.86. The summed E-state index contributed by atoms with van der Waals surface area (Å²) in [5, 5.41) is 0. The van der Waals surface area contributed by atoms with Gasteiger partial charge in [-0.1, -0.05) is 6.07 Å². The highest BCUT2D eigenvalue weighted by atomic mass is 19.3. The Morgan fingerprint density at radius 1 is 1.08 bits per heavy atom. The molecule has 2 aromatic carbocycles. The second-order valence-electron chi connectivity index (χ2n) is 5.44. The van der Waals surface area contributed by atoms with Gasteiger partial charge in [0.25, 0.3) is 0 Å². The first-order valence-corrected chi connectivity index (χ1v) is 7.70. The maximum absolute atomic E-state index is 12.7. The number of rotatable bonds is 5. The molecule has 0 amide bonds. The first-order valence-electron chi connectivity index (χ1n) is 7.70. The molecule has 1 aliphatic heterocycles. The van der Waals surface area contributed by atoms with Crippen LogP contribution in [0.4, 0.5) is 8.78 Å². The molecule has 0 unspecified atom stereocenters. The Morgan fingerprint density at radius 3 is 2.58 bits per heavy atom. The van der Waals surface area contributed by atoms with Gasteiger partial charge in [0.1, 0.15) is 18.1 Å². The Kier molecular flexibility index (Phi) is 5.06. The average molecular weight is 362 g/mol. The summed E-state index contributed by atoms with van der Waals surface area (Å²) in [5.74, 6) is 0.928. The fourth-order valence-corrected chi connectivity index (χ4v) is 2.61. The Balaban J connectivity index is 1.91. The molecule has 0 saturated heterocycles. The molecular formula is C19H16F2O5. The van der Waals surface area contributed by atoms with Crippen molar-refractivity contribution in [2.24, 2.45) is 0 Å². The smallest absolute Gasteiger partial charge is 0.387 e. The number of carbonyl (C=O) groups is 1. The fourth-order valence-electron chi connectivity index (χ4n) is 2.61. The lowest BCUT2D eigenvalue weighted by Gasteiger charge is -2.19. The normalized spacial score (nSPS) is 14.8. The molecular weight excluding hydrogens is 346 g/mol. The highest BCUT2D eigenvalue weighted by Gasteiger charge is 2.24. The molecule has 1 heterocycles. The Bertz CT molecular complexity index is 861. The van der Waals surface area contributed by atoms with E-state index in [4.69, 9.17) is 14.2 Å². The third kappa shape index (κ3) is 3.61. The van der Waals surface area contributed by atoms with Crippen molar-refractivity contribution < 1.29 is 32.5 Å². The van der Waals surface area contributed by atoms with Gasteiger partial charge in [-0.15, -0.1) is 0 Å². The second kappa shape index (κ2) is 7.43. The predicted molar refractivity (Wildman–Crippen MR) is 90.4 cm³/mol. The van der Waals surface area contributed by atoms with Crippen molar-refractivity contribution in [3.63, 3.8) is 0 Å². The van der Waals surface area contributed by atoms with Crippen LogP contribution in [0.2, 0.25) is 0 Å². The van der Waals surface area contributed by atoms with Crippen LogP contribution in [0.5, 0.6) is 23.0 Å². The minimum atomic E-state index is -2.95. The maximum Gasteiger partial charge on any atom is 0.387 e. The largest absolute Gasteiger partial charge is 0.497 e. The molecule has 7 heteroatoms. The molecule has 2 aromatic rings. The first-order chi connectivity index (χ1) is 12.5. The number of halogens is 2. The van der Waals surface area contributed by atoms with Crippen molar-refractivity contribution in [3.05, 3.63) is 53.1 Å². The molecule has 5 nitrogen and oxygen atoms in total. The fraction of sp³-hybridized carbons (Fsp3) is 0.211. The summed E-state index contributed by atoms with van der Waals surface area (Å²) in [5.41, 5.74) is 1.43. The van der Waals surface area contributed by atoms with E-state index >= 15 is 0 Å². The third-order valence-electron chi connectivity index (χ3n) is 3.85. The van der Waals surface area contributed by atoms with E-state index in [-0.39, 0.29) is 23.9 Å². The van der Waals surface area contributed by atoms with Crippen molar-refractivity contribution in [2.45, 2.75) is 6.61 Å². The highest BCUT2D eigenvalue weighted by Crippen LogP contribution is 2.33. The topological polar surface area (TPSA) is 54.0 Å². The van der Waals surface area contributed by atoms with Gasteiger partial charge < -0.3 is 18.9 Å². The number of carbonyl (C=O) groups excluding carboxylic acids is 1. The standard InChI is InChI=1S/C19H16F2O5/c1-23-13-4-6-15-14(9-13)18(22)12(10-25-15)7-11-3-5-16(26-19(20)21)17(8-11)24-2/h3-9,19H,10H2,1-2H3/b12-7+. The summed E-state index contributed by atoms with van der Waals surface area (Å²) in [4.78, 5) is 12.7. The van der Waals surface area contributed by atoms with Gasteiger partial charge in [-0.25, -0.2) is 0 Å². The van der Waals surface area contributed by atoms with Crippen LogP contribution in [0, 0.1) is 0 Å². The summed E-state index contributed by atoms with van der Waals surface area (Å²) >= 11 is 0. The number of ketones is 1. The van der Waals surface area contributed by atoms with Gasteiger partial charge in [0.15, 0.2) is 17.3 Å². The highest BCUT2D eigenvalue weighted by molar-refractivity contribution is 6.14. The minimum absolute atomic E-state index is 0.0778. The molecule has 0 radical (unpaired) electrons.